The zero-order chi connectivity index (χ0) is 19.8. The quantitative estimate of drug-likeness (QED) is 0.826. The summed E-state index contributed by atoms with van der Waals surface area (Å²) in [5.74, 6) is 3.02. The molecule has 1 aromatic heterocycles. The van der Waals surface area contributed by atoms with E-state index in [0.717, 1.165) is 62.9 Å². The molecule has 8 nitrogen and oxygen atoms in total. The van der Waals surface area contributed by atoms with Crippen molar-refractivity contribution in [2.24, 2.45) is 0 Å². The molecule has 8 heteroatoms. The summed E-state index contributed by atoms with van der Waals surface area (Å²) in [7, 11) is 0. The van der Waals surface area contributed by atoms with Crippen molar-refractivity contribution in [3.63, 3.8) is 0 Å². The largest absolute Gasteiger partial charge is 0.454 e. The second-order valence-electron chi connectivity index (χ2n) is 7.86. The van der Waals surface area contributed by atoms with Crippen LogP contribution in [0.2, 0.25) is 0 Å². The van der Waals surface area contributed by atoms with Crippen LogP contribution in [0, 0.1) is 6.92 Å². The molecule has 0 bridgehead atoms. The average Bonchev–Trinajstić information content (AvgIpc) is 3.41. The highest BCUT2D eigenvalue weighted by Gasteiger charge is 2.26. The van der Waals surface area contributed by atoms with E-state index < -0.39 is 0 Å². The molecule has 0 spiro atoms. The van der Waals surface area contributed by atoms with Gasteiger partial charge in [-0.2, -0.15) is 0 Å². The van der Waals surface area contributed by atoms with Gasteiger partial charge < -0.3 is 19.7 Å². The van der Waals surface area contributed by atoms with Gasteiger partial charge in [-0.05, 0) is 37.5 Å². The summed E-state index contributed by atoms with van der Waals surface area (Å²) in [6, 6.07) is 8.27. The Hall–Kier alpha value is -2.87. The van der Waals surface area contributed by atoms with Crippen LogP contribution in [0.3, 0.4) is 0 Å². The highest BCUT2D eigenvalue weighted by molar-refractivity contribution is 5.93. The van der Waals surface area contributed by atoms with Crippen LogP contribution in [0.4, 0.5) is 5.82 Å². The van der Waals surface area contributed by atoms with Gasteiger partial charge in [-0.25, -0.2) is 9.97 Å². The predicted octanol–water partition coefficient (Wildman–Crippen LogP) is 1.73. The van der Waals surface area contributed by atoms with Crippen LogP contribution in [-0.2, 0) is 6.54 Å². The van der Waals surface area contributed by atoms with Crippen molar-refractivity contribution in [1.29, 1.82) is 0 Å². The number of carbonyl (C=O) groups excluding carboxylic acids is 1. The van der Waals surface area contributed by atoms with Crippen LogP contribution in [0.1, 0.15) is 34.7 Å². The first-order valence-corrected chi connectivity index (χ1v) is 10.2. The van der Waals surface area contributed by atoms with Crippen LogP contribution in [0.15, 0.2) is 24.3 Å². The Kier molecular flexibility index (Phi) is 4.71. The number of rotatable bonds is 5. The van der Waals surface area contributed by atoms with E-state index in [-0.39, 0.29) is 5.91 Å². The van der Waals surface area contributed by atoms with E-state index in [4.69, 9.17) is 9.47 Å². The Labute approximate surface area is 169 Å². The van der Waals surface area contributed by atoms with Gasteiger partial charge in [-0.1, -0.05) is 6.07 Å². The number of hydrogen-bond acceptors (Lipinski definition) is 7. The van der Waals surface area contributed by atoms with Crippen molar-refractivity contribution in [1.82, 2.24) is 20.2 Å². The molecule has 3 heterocycles. The zero-order valence-corrected chi connectivity index (χ0v) is 16.6. The maximum atomic E-state index is 12.4. The van der Waals surface area contributed by atoms with Gasteiger partial charge in [-0.15, -0.1) is 0 Å². The summed E-state index contributed by atoms with van der Waals surface area (Å²) < 4.78 is 10.9. The van der Waals surface area contributed by atoms with Gasteiger partial charge in [-0.3, -0.25) is 9.69 Å². The van der Waals surface area contributed by atoms with E-state index in [1.165, 1.54) is 5.56 Å². The highest BCUT2D eigenvalue weighted by atomic mass is 16.7. The molecule has 2 fully saturated rings. The molecule has 152 valence electrons. The molecule has 5 rings (SSSR count). The van der Waals surface area contributed by atoms with Gasteiger partial charge in [0, 0.05) is 44.8 Å². The first kappa shape index (κ1) is 18.2. The normalized spacial score (nSPS) is 18.7. The van der Waals surface area contributed by atoms with Gasteiger partial charge in [0.1, 0.15) is 17.3 Å². The van der Waals surface area contributed by atoms with Crippen LogP contribution in [0.25, 0.3) is 0 Å². The van der Waals surface area contributed by atoms with Crippen molar-refractivity contribution in [3.05, 3.63) is 41.3 Å². The lowest BCUT2D eigenvalue weighted by molar-refractivity contribution is 0.0945. The minimum absolute atomic E-state index is 0.0966. The summed E-state index contributed by atoms with van der Waals surface area (Å²) in [4.78, 5) is 25.9. The predicted molar refractivity (Wildman–Crippen MR) is 107 cm³/mol. The third-order valence-electron chi connectivity index (χ3n) is 5.51. The number of aryl methyl sites for hydroxylation is 1. The van der Waals surface area contributed by atoms with E-state index in [2.05, 4.69) is 37.2 Å². The monoisotopic (exact) mass is 395 g/mol. The lowest BCUT2D eigenvalue weighted by Crippen LogP contribution is -2.46. The molecule has 1 saturated heterocycles. The number of piperazine rings is 1. The molecule has 1 aliphatic carbocycles. The smallest absolute Gasteiger partial charge is 0.270 e. The fourth-order valence-electron chi connectivity index (χ4n) is 3.75. The summed E-state index contributed by atoms with van der Waals surface area (Å²) in [5, 5.41) is 3.00. The summed E-state index contributed by atoms with van der Waals surface area (Å²) in [6.07, 6.45) is 2.13. The van der Waals surface area contributed by atoms with E-state index >= 15 is 0 Å². The number of aromatic nitrogens is 2. The number of ether oxygens (including phenoxy) is 2. The van der Waals surface area contributed by atoms with Gasteiger partial charge in [0.05, 0.1) is 0 Å². The van der Waals surface area contributed by atoms with Crippen LogP contribution >= 0.6 is 0 Å². The van der Waals surface area contributed by atoms with Gasteiger partial charge in [0.2, 0.25) is 6.79 Å². The molecule has 2 aliphatic heterocycles. The first-order valence-electron chi connectivity index (χ1n) is 10.2. The standard InChI is InChI=1S/C21H25N5O3/c1-14-22-17(21(27)24-16-3-4-16)11-20(23-14)26-8-6-25(7-9-26)12-15-2-5-18-19(10-15)29-13-28-18/h2,5,10-11,16H,3-4,6-9,12-13H2,1H3,(H,24,27). The maximum absolute atomic E-state index is 12.4. The molecular weight excluding hydrogens is 370 g/mol. The third kappa shape index (κ3) is 4.12. The molecule has 1 amide bonds. The van der Waals surface area contributed by atoms with Gasteiger partial charge in [0.25, 0.3) is 5.91 Å². The number of anilines is 1. The van der Waals surface area contributed by atoms with Crippen molar-refractivity contribution >= 4 is 11.7 Å². The number of nitrogens with one attached hydrogen (secondary N) is 1. The number of fused-ring (bicyclic) bond motifs is 1. The fourth-order valence-corrected chi connectivity index (χ4v) is 3.75. The van der Waals surface area contributed by atoms with Crippen molar-refractivity contribution < 1.29 is 14.3 Å². The molecule has 0 radical (unpaired) electrons. The average molecular weight is 395 g/mol. The second-order valence-corrected chi connectivity index (χ2v) is 7.86. The molecule has 1 saturated carbocycles. The summed E-state index contributed by atoms with van der Waals surface area (Å²) in [6.45, 7) is 6.61. The minimum Gasteiger partial charge on any atom is -0.454 e. The van der Waals surface area contributed by atoms with Crippen LogP contribution < -0.4 is 19.7 Å². The molecule has 29 heavy (non-hydrogen) atoms. The van der Waals surface area contributed by atoms with Crippen molar-refractivity contribution in [2.45, 2.75) is 32.4 Å². The SMILES string of the molecule is Cc1nc(C(=O)NC2CC2)cc(N2CCN(Cc3ccc4c(c3)OCO4)CC2)n1. The highest BCUT2D eigenvalue weighted by Crippen LogP contribution is 2.33. The van der Waals surface area contributed by atoms with E-state index in [9.17, 15) is 4.79 Å². The minimum atomic E-state index is -0.0966. The number of benzene rings is 1. The second kappa shape index (κ2) is 7.51. The third-order valence-corrected chi connectivity index (χ3v) is 5.51. The molecular formula is C21H25N5O3. The molecule has 2 aromatic rings. The van der Waals surface area contributed by atoms with Crippen molar-refractivity contribution in [3.8, 4) is 11.5 Å². The molecule has 0 atom stereocenters. The van der Waals surface area contributed by atoms with E-state index in [1.54, 1.807) is 0 Å². The van der Waals surface area contributed by atoms with E-state index in [0.29, 0.717) is 24.4 Å². The van der Waals surface area contributed by atoms with Crippen LogP contribution in [-0.4, -0.2) is 59.8 Å². The number of nitrogens with zero attached hydrogens (tertiary/aromatic N) is 4. The Morgan fingerprint density at radius 1 is 1.10 bits per heavy atom. The van der Waals surface area contributed by atoms with Crippen LogP contribution in [0.5, 0.6) is 11.5 Å². The molecule has 1 N–H and O–H groups in total. The number of amides is 1. The van der Waals surface area contributed by atoms with Gasteiger partial charge >= 0.3 is 0 Å². The maximum Gasteiger partial charge on any atom is 0.270 e. The Bertz CT molecular complexity index is 923. The van der Waals surface area contributed by atoms with E-state index in [1.807, 2.05) is 19.1 Å². The lowest BCUT2D eigenvalue weighted by atomic mass is 10.1. The summed E-state index contributed by atoms with van der Waals surface area (Å²) >= 11 is 0. The first-order chi connectivity index (χ1) is 14.1. The summed E-state index contributed by atoms with van der Waals surface area (Å²) in [5.41, 5.74) is 1.68. The molecule has 0 unspecified atom stereocenters. The Balaban J connectivity index is 1.21. The molecule has 3 aliphatic rings. The Morgan fingerprint density at radius 2 is 1.90 bits per heavy atom. The fraction of sp³-hybridized carbons (Fsp3) is 0.476. The lowest BCUT2D eigenvalue weighted by Gasteiger charge is -2.35. The number of hydrogen-bond donors (Lipinski definition) is 1. The van der Waals surface area contributed by atoms with Crippen molar-refractivity contribution in [2.75, 3.05) is 37.9 Å². The topological polar surface area (TPSA) is 79.8 Å². The zero-order valence-electron chi connectivity index (χ0n) is 16.6. The molecule has 1 aromatic carbocycles. The van der Waals surface area contributed by atoms with Gasteiger partial charge in [0.15, 0.2) is 11.5 Å². The number of carbonyl (C=O) groups is 1. The Morgan fingerprint density at radius 3 is 2.69 bits per heavy atom.